The number of Topliss-reactive ketones (excluding diaryl/α,β-unsaturated/α-hetero) is 2. The maximum Gasteiger partial charge on any atom is 0.237 e. The Hall–Kier alpha value is -2.93. The van der Waals surface area contributed by atoms with E-state index in [0.717, 1.165) is 42.3 Å². The smallest absolute Gasteiger partial charge is 0.237 e. The van der Waals surface area contributed by atoms with Crippen LogP contribution in [0.5, 0.6) is 0 Å². The van der Waals surface area contributed by atoms with Gasteiger partial charge in [-0.05, 0) is 51.3 Å². The summed E-state index contributed by atoms with van der Waals surface area (Å²) < 4.78 is 5.99. The highest BCUT2D eigenvalue weighted by Crippen LogP contribution is 2.30. The number of unbranched alkanes of at least 4 members (excludes halogenated alkanes) is 1. The lowest BCUT2D eigenvalue weighted by Crippen LogP contribution is -2.51. The molecule has 0 bridgehead atoms. The van der Waals surface area contributed by atoms with E-state index in [-0.39, 0.29) is 40.9 Å². The van der Waals surface area contributed by atoms with Gasteiger partial charge in [0.1, 0.15) is 11.2 Å². The van der Waals surface area contributed by atoms with Gasteiger partial charge in [-0.3, -0.25) is 15.0 Å². The number of hydrogen-bond donors (Lipinski definition) is 2. The lowest BCUT2D eigenvalue weighted by Gasteiger charge is -2.39. The second kappa shape index (κ2) is 9.06. The summed E-state index contributed by atoms with van der Waals surface area (Å²) in [6.45, 7) is 6.32. The Balaban J connectivity index is 1.66. The number of ether oxygens (including phenoxy) is 1. The number of hydrogen-bond acceptors (Lipinski definition) is 6. The van der Waals surface area contributed by atoms with Gasteiger partial charge in [0.25, 0.3) is 0 Å². The number of carbonyl (C=O) groups excluding carboxylic acids is 2. The number of pyridine rings is 1. The van der Waals surface area contributed by atoms with Crippen molar-refractivity contribution in [2.75, 3.05) is 0 Å². The topological polar surface area (TPSA) is 87.3 Å². The second-order valence-corrected chi connectivity index (χ2v) is 8.46. The standard InChI is InChI=1S/C24H30N4O3/c1-4-5-11-19(29)21-22(30)20(13-17-14-26-23-18(17)10-7-12-25-23)31-24(21)27-28-15(2)8-6-9-16(28)3/h7,10,12-16,27H,4-6,8-9,11H2,1-3H3,(H,25,26)/b20-13-. The number of allylic oxidation sites excluding steroid dienone is 1. The van der Waals surface area contributed by atoms with Gasteiger partial charge in [0.15, 0.2) is 11.5 Å². The van der Waals surface area contributed by atoms with E-state index in [0.29, 0.717) is 6.42 Å². The fourth-order valence-corrected chi connectivity index (χ4v) is 4.32. The Morgan fingerprint density at radius 2 is 2.13 bits per heavy atom. The van der Waals surface area contributed by atoms with Gasteiger partial charge in [0.2, 0.25) is 11.7 Å². The molecule has 0 radical (unpaired) electrons. The SMILES string of the molecule is CCCCC(=O)C1=C(NN2C(C)CCCC2C)O/C(=C\c2c[nH]c3ncccc23)C1=O. The van der Waals surface area contributed by atoms with E-state index in [2.05, 4.69) is 34.3 Å². The van der Waals surface area contributed by atoms with Crippen LogP contribution in [-0.4, -0.2) is 38.6 Å². The summed E-state index contributed by atoms with van der Waals surface area (Å²) in [6, 6.07) is 4.35. The van der Waals surface area contributed by atoms with Crippen molar-refractivity contribution in [2.24, 2.45) is 0 Å². The van der Waals surface area contributed by atoms with Crippen molar-refractivity contribution in [1.29, 1.82) is 0 Å². The van der Waals surface area contributed by atoms with Gasteiger partial charge in [-0.25, -0.2) is 9.99 Å². The van der Waals surface area contributed by atoms with Gasteiger partial charge < -0.3 is 9.72 Å². The van der Waals surface area contributed by atoms with Crippen molar-refractivity contribution in [2.45, 2.75) is 71.4 Å². The first-order valence-electron chi connectivity index (χ1n) is 11.2. The van der Waals surface area contributed by atoms with E-state index in [1.807, 2.05) is 19.1 Å². The number of aromatic nitrogens is 2. The maximum atomic E-state index is 13.2. The normalized spacial score (nSPS) is 23.6. The molecule has 2 aromatic rings. The third-order valence-corrected chi connectivity index (χ3v) is 6.12. The Morgan fingerprint density at radius 1 is 1.35 bits per heavy atom. The summed E-state index contributed by atoms with van der Waals surface area (Å²) in [4.78, 5) is 33.5. The molecule has 7 nitrogen and oxygen atoms in total. The summed E-state index contributed by atoms with van der Waals surface area (Å²) in [7, 11) is 0. The molecule has 2 aromatic heterocycles. The molecule has 0 amide bonds. The molecule has 2 aliphatic heterocycles. The molecule has 1 saturated heterocycles. The van der Waals surface area contributed by atoms with E-state index in [1.165, 1.54) is 6.42 Å². The molecule has 4 rings (SSSR count). The second-order valence-electron chi connectivity index (χ2n) is 8.46. The largest absolute Gasteiger partial charge is 0.435 e. The molecule has 31 heavy (non-hydrogen) atoms. The number of aromatic amines is 1. The summed E-state index contributed by atoms with van der Waals surface area (Å²) >= 11 is 0. The third-order valence-electron chi connectivity index (χ3n) is 6.12. The zero-order valence-electron chi connectivity index (χ0n) is 18.4. The maximum absolute atomic E-state index is 13.2. The molecule has 2 unspecified atom stereocenters. The van der Waals surface area contributed by atoms with Crippen LogP contribution in [0.4, 0.5) is 0 Å². The first kappa shape index (κ1) is 21.3. The van der Waals surface area contributed by atoms with Crippen LogP contribution in [0.25, 0.3) is 17.1 Å². The third kappa shape index (κ3) is 4.28. The Labute approximate surface area is 182 Å². The fraction of sp³-hybridized carbons (Fsp3) is 0.458. The molecule has 0 aromatic carbocycles. The summed E-state index contributed by atoms with van der Waals surface area (Å²) in [5.41, 5.74) is 4.95. The lowest BCUT2D eigenvalue weighted by molar-refractivity contribution is -0.119. The number of ketones is 2. The van der Waals surface area contributed by atoms with Crippen LogP contribution < -0.4 is 5.43 Å². The number of H-pyrrole nitrogens is 1. The number of rotatable bonds is 7. The highest BCUT2D eigenvalue weighted by atomic mass is 16.5. The molecule has 7 heteroatoms. The van der Waals surface area contributed by atoms with E-state index >= 15 is 0 Å². The molecule has 2 aliphatic rings. The van der Waals surface area contributed by atoms with Gasteiger partial charge >= 0.3 is 0 Å². The minimum absolute atomic E-state index is 0.127. The van der Waals surface area contributed by atoms with Crippen LogP contribution >= 0.6 is 0 Å². The highest BCUT2D eigenvalue weighted by Gasteiger charge is 2.37. The molecule has 0 spiro atoms. The molecule has 164 valence electrons. The predicted octanol–water partition coefficient (Wildman–Crippen LogP) is 4.24. The Kier molecular flexibility index (Phi) is 6.23. The number of hydrazine groups is 1. The van der Waals surface area contributed by atoms with Crippen molar-refractivity contribution in [3.05, 3.63) is 47.3 Å². The quantitative estimate of drug-likeness (QED) is 0.513. The molecule has 2 atom stereocenters. The lowest BCUT2D eigenvalue weighted by atomic mass is 9.99. The van der Waals surface area contributed by atoms with E-state index in [1.54, 1.807) is 18.5 Å². The first-order chi connectivity index (χ1) is 15.0. The monoisotopic (exact) mass is 422 g/mol. The molecular formula is C24H30N4O3. The number of piperidine rings is 1. The Bertz CT molecular complexity index is 1040. The van der Waals surface area contributed by atoms with Gasteiger partial charge in [-0.15, -0.1) is 0 Å². The minimum atomic E-state index is -0.362. The summed E-state index contributed by atoms with van der Waals surface area (Å²) in [5.74, 6) is -0.116. The number of nitrogens with zero attached hydrogens (tertiary/aromatic N) is 2. The molecule has 0 aliphatic carbocycles. The van der Waals surface area contributed by atoms with Gasteiger partial charge in [0.05, 0.1) is 0 Å². The van der Waals surface area contributed by atoms with Gasteiger partial charge in [0, 0.05) is 41.8 Å². The van der Waals surface area contributed by atoms with Crippen molar-refractivity contribution in [3.63, 3.8) is 0 Å². The zero-order valence-corrected chi connectivity index (χ0v) is 18.4. The van der Waals surface area contributed by atoms with Crippen LogP contribution in [0.1, 0.15) is 64.9 Å². The van der Waals surface area contributed by atoms with E-state index in [4.69, 9.17) is 4.74 Å². The molecule has 0 saturated carbocycles. The van der Waals surface area contributed by atoms with Crippen LogP contribution in [0.3, 0.4) is 0 Å². The van der Waals surface area contributed by atoms with Crippen LogP contribution in [-0.2, 0) is 14.3 Å². The predicted molar refractivity (Wildman–Crippen MR) is 119 cm³/mol. The van der Waals surface area contributed by atoms with Crippen molar-refractivity contribution < 1.29 is 14.3 Å². The summed E-state index contributed by atoms with van der Waals surface area (Å²) in [5, 5.41) is 3.00. The van der Waals surface area contributed by atoms with E-state index in [9.17, 15) is 9.59 Å². The highest BCUT2D eigenvalue weighted by molar-refractivity contribution is 6.28. The van der Waals surface area contributed by atoms with E-state index < -0.39 is 0 Å². The molecular weight excluding hydrogens is 392 g/mol. The van der Waals surface area contributed by atoms with Crippen LogP contribution in [0.15, 0.2) is 41.7 Å². The van der Waals surface area contributed by atoms with Gasteiger partial charge in [-0.1, -0.05) is 19.8 Å². The summed E-state index contributed by atoms with van der Waals surface area (Å²) in [6.07, 6.45) is 10.4. The van der Waals surface area contributed by atoms with Crippen molar-refractivity contribution in [3.8, 4) is 0 Å². The van der Waals surface area contributed by atoms with Crippen molar-refractivity contribution in [1.82, 2.24) is 20.4 Å². The number of fused-ring (bicyclic) bond motifs is 1. The average Bonchev–Trinajstić information content (AvgIpc) is 3.30. The first-order valence-corrected chi connectivity index (χ1v) is 11.2. The number of nitrogens with one attached hydrogen (secondary N) is 2. The Morgan fingerprint density at radius 3 is 2.87 bits per heavy atom. The van der Waals surface area contributed by atoms with Crippen molar-refractivity contribution >= 4 is 28.7 Å². The molecule has 4 heterocycles. The minimum Gasteiger partial charge on any atom is -0.435 e. The fourth-order valence-electron chi connectivity index (χ4n) is 4.32. The van der Waals surface area contributed by atoms with Crippen LogP contribution in [0, 0.1) is 0 Å². The van der Waals surface area contributed by atoms with Crippen LogP contribution in [0.2, 0.25) is 0 Å². The zero-order chi connectivity index (χ0) is 22.0. The van der Waals surface area contributed by atoms with Gasteiger partial charge in [-0.2, -0.15) is 0 Å². The molecule has 2 N–H and O–H groups in total. The number of carbonyl (C=O) groups is 2. The average molecular weight is 423 g/mol. The molecule has 1 fully saturated rings.